The normalized spacial score (nSPS) is 14.1. The molecule has 8 heteroatoms. The van der Waals surface area contributed by atoms with Crippen LogP contribution in [0.15, 0.2) is 33.9 Å². The lowest BCUT2D eigenvalue weighted by Gasteiger charge is -2.04. The molecule has 4 rings (SSSR count). The zero-order valence-electron chi connectivity index (χ0n) is 14.0. The molecule has 0 radical (unpaired) electrons. The number of hydrogen-bond donors (Lipinski definition) is 0. The smallest absolute Gasteiger partial charge is 0.237 e. The Bertz CT molecular complexity index is 860. The van der Waals surface area contributed by atoms with Crippen molar-refractivity contribution >= 4 is 11.8 Å². The number of aryl methyl sites for hydroxylation is 1. The molecular formula is C17H19N5O2S. The molecule has 0 unspecified atom stereocenters. The minimum Gasteiger partial charge on any atom is -0.496 e. The van der Waals surface area contributed by atoms with E-state index in [1.165, 1.54) is 19.3 Å². The number of nitrogens with zero attached hydrogens (tertiary/aromatic N) is 5. The third-order valence-electron chi connectivity index (χ3n) is 4.22. The van der Waals surface area contributed by atoms with Gasteiger partial charge in [-0.05, 0) is 25.0 Å². The van der Waals surface area contributed by atoms with Crippen LogP contribution in [0, 0.1) is 0 Å². The molecule has 0 saturated heterocycles. The molecule has 2 aromatic heterocycles. The second-order valence-electron chi connectivity index (χ2n) is 5.86. The van der Waals surface area contributed by atoms with Crippen molar-refractivity contribution in [3.05, 3.63) is 36.0 Å². The monoisotopic (exact) mass is 357 g/mol. The van der Waals surface area contributed by atoms with E-state index in [9.17, 15) is 0 Å². The maximum Gasteiger partial charge on any atom is 0.237 e. The van der Waals surface area contributed by atoms with Crippen molar-refractivity contribution in [2.24, 2.45) is 0 Å². The summed E-state index contributed by atoms with van der Waals surface area (Å²) in [6, 6.07) is 7.63. The molecule has 1 aromatic carbocycles. The first-order valence-corrected chi connectivity index (χ1v) is 9.34. The number of rotatable bonds is 5. The fourth-order valence-electron chi connectivity index (χ4n) is 2.94. The van der Waals surface area contributed by atoms with E-state index < -0.39 is 0 Å². The molecule has 0 amide bonds. The van der Waals surface area contributed by atoms with Crippen LogP contribution in [0.3, 0.4) is 0 Å². The molecule has 3 heterocycles. The van der Waals surface area contributed by atoms with Gasteiger partial charge < -0.3 is 13.8 Å². The molecule has 0 saturated carbocycles. The zero-order chi connectivity index (χ0) is 17.1. The highest BCUT2D eigenvalue weighted by molar-refractivity contribution is 7.98. The lowest BCUT2D eigenvalue weighted by molar-refractivity contribution is 0.390. The molecule has 3 aromatic rings. The predicted molar refractivity (Wildman–Crippen MR) is 93.4 cm³/mol. The van der Waals surface area contributed by atoms with Crippen LogP contribution in [0.4, 0.5) is 0 Å². The summed E-state index contributed by atoms with van der Waals surface area (Å²) in [6.07, 6.45) is 4.62. The number of thioether (sulfide) groups is 1. The molecule has 0 N–H and O–H groups in total. The number of fused-ring (bicyclic) bond motifs is 1. The van der Waals surface area contributed by atoms with Gasteiger partial charge in [0.25, 0.3) is 0 Å². The Morgan fingerprint density at radius 3 is 3.04 bits per heavy atom. The van der Waals surface area contributed by atoms with Gasteiger partial charge >= 0.3 is 0 Å². The molecule has 0 bridgehead atoms. The van der Waals surface area contributed by atoms with Crippen molar-refractivity contribution in [3.8, 4) is 17.1 Å². The summed E-state index contributed by atoms with van der Waals surface area (Å²) in [5.74, 6) is 3.48. The summed E-state index contributed by atoms with van der Waals surface area (Å²) in [5.41, 5.74) is 0.821. The van der Waals surface area contributed by atoms with Crippen molar-refractivity contribution in [2.45, 2.75) is 43.1 Å². The second-order valence-corrected chi connectivity index (χ2v) is 6.80. The molecule has 0 spiro atoms. The van der Waals surface area contributed by atoms with Crippen LogP contribution in [-0.4, -0.2) is 32.0 Å². The van der Waals surface area contributed by atoms with Crippen LogP contribution in [0.2, 0.25) is 0 Å². The van der Waals surface area contributed by atoms with E-state index in [-0.39, 0.29) is 0 Å². The highest BCUT2D eigenvalue weighted by Crippen LogP contribution is 2.29. The third-order valence-corrected chi connectivity index (χ3v) is 5.17. The summed E-state index contributed by atoms with van der Waals surface area (Å²) in [4.78, 5) is 4.48. The Balaban J connectivity index is 1.48. The van der Waals surface area contributed by atoms with E-state index in [0.717, 1.165) is 35.3 Å². The SMILES string of the molecule is COc1ccccc1-c1noc(CSc2nnc3n2CCCCC3)n1. The maximum absolute atomic E-state index is 5.39. The minimum atomic E-state index is 0.535. The highest BCUT2D eigenvalue weighted by Gasteiger charge is 2.17. The molecule has 1 aliphatic heterocycles. The maximum atomic E-state index is 5.39. The van der Waals surface area contributed by atoms with E-state index in [2.05, 4.69) is 24.9 Å². The van der Waals surface area contributed by atoms with Gasteiger partial charge in [0.05, 0.1) is 18.4 Å². The number of aromatic nitrogens is 5. The van der Waals surface area contributed by atoms with Gasteiger partial charge in [-0.1, -0.05) is 35.5 Å². The number of methoxy groups -OCH3 is 1. The topological polar surface area (TPSA) is 78.9 Å². The lowest BCUT2D eigenvalue weighted by Crippen LogP contribution is -2.02. The van der Waals surface area contributed by atoms with Gasteiger partial charge in [-0.25, -0.2) is 0 Å². The minimum absolute atomic E-state index is 0.535. The van der Waals surface area contributed by atoms with Gasteiger partial charge in [0.1, 0.15) is 11.6 Å². The largest absolute Gasteiger partial charge is 0.496 e. The third kappa shape index (κ3) is 3.39. The van der Waals surface area contributed by atoms with Gasteiger partial charge in [-0.3, -0.25) is 0 Å². The van der Waals surface area contributed by atoms with E-state index in [4.69, 9.17) is 9.26 Å². The van der Waals surface area contributed by atoms with E-state index in [1.54, 1.807) is 18.9 Å². The fraction of sp³-hybridized carbons (Fsp3) is 0.412. The number of benzene rings is 1. The first kappa shape index (κ1) is 16.1. The van der Waals surface area contributed by atoms with E-state index >= 15 is 0 Å². The Morgan fingerprint density at radius 2 is 2.12 bits per heavy atom. The molecule has 25 heavy (non-hydrogen) atoms. The van der Waals surface area contributed by atoms with Gasteiger partial charge in [0.2, 0.25) is 11.7 Å². The molecule has 130 valence electrons. The van der Waals surface area contributed by atoms with Crippen LogP contribution in [0.1, 0.15) is 31.0 Å². The van der Waals surface area contributed by atoms with Gasteiger partial charge in [-0.15, -0.1) is 10.2 Å². The van der Waals surface area contributed by atoms with Crippen LogP contribution >= 0.6 is 11.8 Å². The molecule has 0 atom stereocenters. The lowest BCUT2D eigenvalue weighted by atomic mass is 10.2. The number of hydrogen-bond acceptors (Lipinski definition) is 7. The van der Waals surface area contributed by atoms with Gasteiger partial charge in [0, 0.05) is 13.0 Å². The number of ether oxygens (including phenoxy) is 1. The average molecular weight is 357 g/mol. The van der Waals surface area contributed by atoms with Crippen molar-refractivity contribution in [1.82, 2.24) is 24.9 Å². The molecule has 0 fully saturated rings. The molecule has 0 aliphatic carbocycles. The van der Waals surface area contributed by atoms with Crippen LogP contribution < -0.4 is 4.74 Å². The Kier molecular flexibility index (Phi) is 4.69. The van der Waals surface area contributed by atoms with Crippen molar-refractivity contribution < 1.29 is 9.26 Å². The molecular weight excluding hydrogens is 338 g/mol. The summed E-state index contributed by atoms with van der Waals surface area (Å²) in [7, 11) is 1.63. The fourth-order valence-corrected chi connectivity index (χ4v) is 3.76. The zero-order valence-corrected chi connectivity index (χ0v) is 14.8. The summed E-state index contributed by atoms with van der Waals surface area (Å²) >= 11 is 1.58. The molecule has 7 nitrogen and oxygen atoms in total. The van der Waals surface area contributed by atoms with Crippen LogP contribution in [0.25, 0.3) is 11.4 Å². The quantitative estimate of drug-likeness (QED) is 0.648. The van der Waals surface area contributed by atoms with Crippen LogP contribution in [0.5, 0.6) is 5.75 Å². The van der Waals surface area contributed by atoms with E-state index in [1.807, 2.05) is 24.3 Å². The Labute approximate surface area is 149 Å². The van der Waals surface area contributed by atoms with Crippen molar-refractivity contribution in [2.75, 3.05) is 7.11 Å². The van der Waals surface area contributed by atoms with Gasteiger partial charge in [-0.2, -0.15) is 4.98 Å². The molecule has 1 aliphatic rings. The summed E-state index contributed by atoms with van der Waals surface area (Å²) in [6.45, 7) is 0.987. The second kappa shape index (κ2) is 7.26. The summed E-state index contributed by atoms with van der Waals surface area (Å²) in [5, 5.41) is 13.6. The van der Waals surface area contributed by atoms with Gasteiger partial charge in [0.15, 0.2) is 5.16 Å². The Hall–Kier alpha value is -2.35. The summed E-state index contributed by atoms with van der Waals surface area (Å²) < 4.78 is 13.0. The predicted octanol–water partition coefficient (Wildman–Crippen LogP) is 3.36. The average Bonchev–Trinajstić information content (AvgIpc) is 3.20. The van der Waals surface area contributed by atoms with Crippen LogP contribution in [-0.2, 0) is 18.7 Å². The number of para-hydroxylation sites is 1. The van der Waals surface area contributed by atoms with E-state index in [0.29, 0.717) is 17.5 Å². The Morgan fingerprint density at radius 1 is 1.20 bits per heavy atom. The van der Waals surface area contributed by atoms with Crippen molar-refractivity contribution in [3.63, 3.8) is 0 Å². The standard InChI is InChI=1S/C17H19N5O2S/c1-23-13-8-5-4-7-12(13)16-18-15(24-21-16)11-25-17-20-19-14-9-3-2-6-10-22(14)17/h4-5,7-8H,2-3,6,9-11H2,1H3. The first-order valence-electron chi connectivity index (χ1n) is 8.36. The highest BCUT2D eigenvalue weighted by atomic mass is 32.2. The first-order chi connectivity index (χ1) is 12.3. The van der Waals surface area contributed by atoms with Crippen molar-refractivity contribution in [1.29, 1.82) is 0 Å².